The lowest BCUT2D eigenvalue weighted by atomic mass is 9.92. The van der Waals surface area contributed by atoms with E-state index >= 15 is 0 Å². The van der Waals surface area contributed by atoms with E-state index in [1.54, 1.807) is 0 Å². The summed E-state index contributed by atoms with van der Waals surface area (Å²) in [6, 6.07) is 1.07. The number of aromatic nitrogens is 1. The third-order valence-corrected chi connectivity index (χ3v) is 3.66. The number of pyridine rings is 1. The topological polar surface area (TPSA) is 80.1 Å². The minimum atomic E-state index is -2.65. The number of rotatable bonds is 4. The predicted octanol–water partition coefficient (Wildman–Crippen LogP) is 3.67. The molecule has 116 valence electrons. The van der Waals surface area contributed by atoms with Crippen molar-refractivity contribution in [1.82, 2.24) is 4.98 Å². The van der Waals surface area contributed by atoms with E-state index in [2.05, 4.69) is 15.6 Å². The van der Waals surface area contributed by atoms with E-state index in [4.69, 9.17) is 11.6 Å². The maximum atomic E-state index is 13.1. The van der Waals surface area contributed by atoms with Gasteiger partial charge in [0.2, 0.25) is 11.7 Å². The molecular weight excluding hydrogens is 306 g/mol. The molecule has 0 atom stereocenters. The Bertz CT molecular complexity index is 546. The average molecular weight is 321 g/mol. The van der Waals surface area contributed by atoms with Crippen molar-refractivity contribution in [2.75, 3.05) is 17.7 Å². The Morgan fingerprint density at radius 2 is 2.10 bits per heavy atom. The molecule has 0 amide bonds. The molecule has 1 aliphatic rings. The van der Waals surface area contributed by atoms with Crippen LogP contribution in [0.4, 0.5) is 26.0 Å². The number of hydrogen-bond acceptors (Lipinski definition) is 5. The number of hydrogen-bond donors (Lipinski definition) is 2. The van der Waals surface area contributed by atoms with Crippen LogP contribution in [0, 0.1) is 10.1 Å². The van der Waals surface area contributed by atoms with E-state index in [0.717, 1.165) is 0 Å². The van der Waals surface area contributed by atoms with Gasteiger partial charge in [-0.05, 0) is 12.8 Å². The van der Waals surface area contributed by atoms with E-state index in [9.17, 15) is 18.9 Å². The summed E-state index contributed by atoms with van der Waals surface area (Å²) in [5.74, 6) is -2.64. The lowest BCUT2D eigenvalue weighted by Gasteiger charge is -2.29. The second-order valence-electron chi connectivity index (χ2n) is 4.97. The number of nitro groups is 1. The van der Waals surface area contributed by atoms with Gasteiger partial charge in [0.25, 0.3) is 0 Å². The first kappa shape index (κ1) is 15.7. The van der Waals surface area contributed by atoms with Crippen molar-refractivity contribution >= 4 is 28.8 Å². The second kappa shape index (κ2) is 5.97. The molecule has 2 rings (SSSR count). The molecule has 0 spiro atoms. The zero-order chi connectivity index (χ0) is 15.6. The summed E-state index contributed by atoms with van der Waals surface area (Å²) < 4.78 is 26.2. The first-order valence-corrected chi connectivity index (χ1v) is 6.87. The molecule has 2 N–H and O–H groups in total. The maximum absolute atomic E-state index is 13.1. The molecule has 0 bridgehead atoms. The quantitative estimate of drug-likeness (QED) is 0.502. The smallest absolute Gasteiger partial charge is 0.334 e. The second-order valence-corrected chi connectivity index (χ2v) is 5.36. The molecule has 21 heavy (non-hydrogen) atoms. The molecule has 1 saturated carbocycles. The third-order valence-electron chi connectivity index (χ3n) is 3.47. The summed E-state index contributed by atoms with van der Waals surface area (Å²) >= 11 is 5.83. The van der Waals surface area contributed by atoms with Crippen LogP contribution in [0.3, 0.4) is 0 Å². The molecule has 1 aliphatic carbocycles. The van der Waals surface area contributed by atoms with E-state index in [1.165, 1.54) is 13.1 Å². The first-order chi connectivity index (χ1) is 9.82. The van der Waals surface area contributed by atoms with Gasteiger partial charge < -0.3 is 10.6 Å². The average Bonchev–Trinajstić information content (AvgIpc) is 2.40. The monoisotopic (exact) mass is 320 g/mol. The van der Waals surface area contributed by atoms with Crippen LogP contribution in [-0.2, 0) is 0 Å². The van der Waals surface area contributed by atoms with Gasteiger partial charge in [0, 0.05) is 32.0 Å². The number of alkyl halides is 2. The van der Waals surface area contributed by atoms with Crippen LogP contribution in [0.25, 0.3) is 0 Å². The van der Waals surface area contributed by atoms with E-state index < -0.39 is 10.8 Å². The van der Waals surface area contributed by atoms with Crippen LogP contribution in [0.1, 0.15) is 25.7 Å². The van der Waals surface area contributed by atoms with Crippen molar-refractivity contribution in [3.8, 4) is 0 Å². The summed E-state index contributed by atoms with van der Waals surface area (Å²) in [6.45, 7) is 0. The molecule has 0 unspecified atom stereocenters. The predicted molar refractivity (Wildman–Crippen MR) is 76.3 cm³/mol. The van der Waals surface area contributed by atoms with Gasteiger partial charge in [-0.3, -0.25) is 10.1 Å². The van der Waals surface area contributed by atoms with Gasteiger partial charge in [-0.2, -0.15) is 0 Å². The van der Waals surface area contributed by atoms with Gasteiger partial charge in [0.1, 0.15) is 10.8 Å². The highest BCUT2D eigenvalue weighted by molar-refractivity contribution is 6.30. The number of nitrogens with zero attached hydrogens (tertiary/aromatic N) is 2. The van der Waals surface area contributed by atoms with Crippen LogP contribution in [0.2, 0.25) is 5.15 Å². The summed E-state index contributed by atoms with van der Waals surface area (Å²) in [6.07, 6.45) is -0.0176. The number of halogens is 3. The van der Waals surface area contributed by atoms with E-state index in [1.807, 2.05) is 0 Å². The normalized spacial score (nSPS) is 18.3. The van der Waals surface area contributed by atoms with Gasteiger partial charge in [-0.1, -0.05) is 11.6 Å². The highest BCUT2D eigenvalue weighted by Gasteiger charge is 2.36. The Balaban J connectivity index is 2.23. The Hall–Kier alpha value is -1.70. The van der Waals surface area contributed by atoms with E-state index in [0.29, 0.717) is 0 Å². The molecule has 1 aromatic rings. The molecule has 0 saturated heterocycles. The molecule has 1 aromatic heterocycles. The highest BCUT2D eigenvalue weighted by atomic mass is 35.5. The largest absolute Gasteiger partial charge is 0.382 e. The fraction of sp³-hybridized carbons (Fsp3) is 0.583. The molecule has 0 radical (unpaired) electrons. The minimum absolute atomic E-state index is 0.00654. The van der Waals surface area contributed by atoms with Crippen LogP contribution in [0.5, 0.6) is 0 Å². The van der Waals surface area contributed by atoms with E-state index in [-0.39, 0.29) is 54.1 Å². The molecule has 0 aliphatic heterocycles. The lowest BCUT2D eigenvalue weighted by molar-refractivity contribution is -0.383. The molecule has 6 nitrogen and oxygen atoms in total. The first-order valence-electron chi connectivity index (χ1n) is 6.49. The lowest BCUT2D eigenvalue weighted by Crippen LogP contribution is -2.32. The summed E-state index contributed by atoms with van der Waals surface area (Å²) in [7, 11) is 1.53. The van der Waals surface area contributed by atoms with Crippen LogP contribution in [0.15, 0.2) is 6.07 Å². The van der Waals surface area contributed by atoms with Crippen molar-refractivity contribution < 1.29 is 13.7 Å². The molecule has 1 heterocycles. The van der Waals surface area contributed by atoms with Crippen molar-refractivity contribution in [2.24, 2.45) is 0 Å². The standard InChI is InChI=1S/C12H15ClF2N4O2/c1-16-8-6-9(13)18-11(10(8)19(20)21)17-7-2-4-12(14,15)5-3-7/h6-7H,2-5H2,1H3,(H2,16,17,18). The fourth-order valence-electron chi connectivity index (χ4n) is 2.36. The van der Waals surface area contributed by atoms with Crippen molar-refractivity contribution in [3.05, 3.63) is 21.3 Å². The highest BCUT2D eigenvalue weighted by Crippen LogP contribution is 2.37. The number of nitrogens with one attached hydrogen (secondary N) is 2. The Morgan fingerprint density at radius 1 is 1.48 bits per heavy atom. The van der Waals surface area contributed by atoms with Crippen molar-refractivity contribution in [1.29, 1.82) is 0 Å². The Labute approximate surface area is 125 Å². The minimum Gasteiger partial charge on any atom is -0.382 e. The third kappa shape index (κ3) is 3.69. The van der Waals surface area contributed by atoms with Crippen LogP contribution >= 0.6 is 11.6 Å². The van der Waals surface area contributed by atoms with Gasteiger partial charge in [0.05, 0.1) is 4.92 Å². The van der Waals surface area contributed by atoms with Crippen LogP contribution < -0.4 is 10.6 Å². The summed E-state index contributed by atoms with van der Waals surface area (Å²) in [5, 5.41) is 16.8. The molecular formula is C12H15ClF2N4O2. The van der Waals surface area contributed by atoms with Gasteiger partial charge >= 0.3 is 5.69 Å². The maximum Gasteiger partial charge on any atom is 0.334 e. The SMILES string of the molecule is CNc1cc(Cl)nc(NC2CCC(F)(F)CC2)c1[N+](=O)[O-]. The Morgan fingerprint density at radius 3 is 2.62 bits per heavy atom. The summed E-state index contributed by atoms with van der Waals surface area (Å²) in [4.78, 5) is 14.5. The molecule has 1 fully saturated rings. The fourth-order valence-corrected chi connectivity index (χ4v) is 2.55. The number of anilines is 2. The molecule has 9 heteroatoms. The molecule has 0 aromatic carbocycles. The van der Waals surface area contributed by atoms with Gasteiger partial charge in [0.15, 0.2) is 0 Å². The zero-order valence-corrected chi connectivity index (χ0v) is 12.1. The summed E-state index contributed by atoms with van der Waals surface area (Å²) in [5.41, 5.74) is -0.0112. The van der Waals surface area contributed by atoms with Crippen molar-refractivity contribution in [3.63, 3.8) is 0 Å². The van der Waals surface area contributed by atoms with Gasteiger partial charge in [-0.15, -0.1) is 0 Å². The van der Waals surface area contributed by atoms with Gasteiger partial charge in [-0.25, -0.2) is 13.8 Å². The zero-order valence-electron chi connectivity index (χ0n) is 11.3. The Kier molecular flexibility index (Phi) is 4.46. The van der Waals surface area contributed by atoms with Crippen LogP contribution in [-0.4, -0.2) is 28.9 Å². The van der Waals surface area contributed by atoms with Crippen molar-refractivity contribution in [2.45, 2.75) is 37.6 Å².